The molecule has 1 atom stereocenters. The van der Waals surface area contributed by atoms with Gasteiger partial charge in [0.2, 0.25) is 0 Å². The molecule has 0 amide bonds. The first-order valence-electron chi connectivity index (χ1n) is 9.23. The van der Waals surface area contributed by atoms with Gasteiger partial charge in [-0.3, -0.25) is 4.99 Å². The minimum atomic E-state index is -2.94. The van der Waals surface area contributed by atoms with E-state index >= 15 is 0 Å². The Balaban J connectivity index is 2.03. The van der Waals surface area contributed by atoms with E-state index in [1.165, 1.54) is 18.2 Å². The smallest absolute Gasteiger partial charge is 0.191 e. The van der Waals surface area contributed by atoms with Crippen molar-refractivity contribution in [3.63, 3.8) is 0 Å². The van der Waals surface area contributed by atoms with Gasteiger partial charge in [-0.15, -0.1) is 0 Å². The van der Waals surface area contributed by atoms with Gasteiger partial charge in [0.05, 0.1) is 12.3 Å². The Hall–Kier alpha value is -1.08. The van der Waals surface area contributed by atoms with E-state index in [2.05, 4.69) is 50.8 Å². The largest absolute Gasteiger partial charge is 0.357 e. The number of rotatable bonds is 8. The molecule has 7 heteroatoms. The maximum atomic E-state index is 11.4. The molecule has 5 nitrogen and oxygen atoms in total. The average molecular weight is 444 g/mol. The van der Waals surface area contributed by atoms with Gasteiger partial charge >= 0.3 is 0 Å². The first-order chi connectivity index (χ1) is 12.2. The molecule has 0 spiro atoms. The van der Waals surface area contributed by atoms with E-state index in [0.717, 1.165) is 36.4 Å². The maximum Gasteiger partial charge on any atom is 0.191 e. The summed E-state index contributed by atoms with van der Waals surface area (Å²) in [7, 11) is -2.94. The predicted molar refractivity (Wildman–Crippen MR) is 113 cm³/mol. The van der Waals surface area contributed by atoms with Gasteiger partial charge in [0, 0.05) is 28.7 Å². The van der Waals surface area contributed by atoms with Gasteiger partial charge in [-0.1, -0.05) is 34.5 Å². The molecule has 1 aromatic carbocycles. The topological polar surface area (TPSA) is 70.6 Å². The Morgan fingerprint density at radius 1 is 1.31 bits per heavy atom. The molecule has 1 aliphatic carbocycles. The molecule has 0 radical (unpaired) electrons. The first-order valence-corrected chi connectivity index (χ1v) is 12.1. The number of hydrogen-bond acceptors (Lipinski definition) is 3. The minimum Gasteiger partial charge on any atom is -0.357 e. The molecule has 2 N–H and O–H groups in total. The molecule has 1 aliphatic rings. The second-order valence-corrected chi connectivity index (χ2v) is 10.5. The molecule has 0 aliphatic heterocycles. The predicted octanol–water partition coefficient (Wildman–Crippen LogP) is 3.25. The van der Waals surface area contributed by atoms with Crippen molar-refractivity contribution in [2.45, 2.75) is 51.0 Å². The number of sulfone groups is 1. The van der Waals surface area contributed by atoms with Crippen molar-refractivity contribution < 1.29 is 8.42 Å². The van der Waals surface area contributed by atoms with E-state index in [9.17, 15) is 8.42 Å². The number of halogens is 1. The van der Waals surface area contributed by atoms with Crippen LogP contribution in [-0.4, -0.2) is 45.5 Å². The zero-order valence-electron chi connectivity index (χ0n) is 15.9. The number of nitrogens with one attached hydrogen (secondary N) is 2. The van der Waals surface area contributed by atoms with Gasteiger partial charge in [0.25, 0.3) is 0 Å². The molecule has 2 rings (SSSR count). The Morgan fingerprint density at radius 2 is 1.96 bits per heavy atom. The van der Waals surface area contributed by atoms with Crippen LogP contribution in [0.5, 0.6) is 0 Å². The molecule has 26 heavy (non-hydrogen) atoms. The minimum absolute atomic E-state index is 0.0487. The van der Waals surface area contributed by atoms with Crippen LogP contribution in [0.1, 0.15) is 45.1 Å². The highest BCUT2D eigenvalue weighted by Gasteiger charge is 2.38. The van der Waals surface area contributed by atoms with Crippen LogP contribution in [0.2, 0.25) is 0 Å². The van der Waals surface area contributed by atoms with Crippen molar-refractivity contribution in [2.75, 3.05) is 25.1 Å². The van der Waals surface area contributed by atoms with Crippen LogP contribution in [0.25, 0.3) is 0 Å². The van der Waals surface area contributed by atoms with Crippen LogP contribution < -0.4 is 10.6 Å². The van der Waals surface area contributed by atoms with Crippen LogP contribution >= 0.6 is 15.9 Å². The van der Waals surface area contributed by atoms with Crippen molar-refractivity contribution in [1.82, 2.24) is 10.6 Å². The monoisotopic (exact) mass is 443 g/mol. The van der Waals surface area contributed by atoms with Crippen LogP contribution in [-0.2, 0) is 15.3 Å². The number of benzene rings is 1. The quantitative estimate of drug-likeness (QED) is 0.477. The fraction of sp³-hybridized carbons (Fsp3) is 0.632. The molecule has 1 aromatic rings. The third-order valence-electron chi connectivity index (χ3n) is 4.96. The Kier molecular flexibility index (Phi) is 7.52. The number of aliphatic imine (C=N–C) groups is 1. The summed E-state index contributed by atoms with van der Waals surface area (Å²) in [5.41, 5.74) is 1.47. The van der Waals surface area contributed by atoms with Gasteiger partial charge in [0.15, 0.2) is 5.96 Å². The Labute approximate surface area is 166 Å². The van der Waals surface area contributed by atoms with Crippen molar-refractivity contribution in [3.05, 3.63) is 34.3 Å². The Bertz CT molecular complexity index is 713. The molecule has 146 valence electrons. The van der Waals surface area contributed by atoms with Crippen LogP contribution in [0.15, 0.2) is 33.7 Å². The van der Waals surface area contributed by atoms with Gasteiger partial charge in [-0.05, 0) is 50.8 Å². The molecule has 1 unspecified atom stereocenters. The van der Waals surface area contributed by atoms with Crippen LogP contribution in [0, 0.1) is 0 Å². The van der Waals surface area contributed by atoms with Crippen molar-refractivity contribution in [1.29, 1.82) is 0 Å². The van der Waals surface area contributed by atoms with Gasteiger partial charge in [-0.2, -0.15) is 0 Å². The Morgan fingerprint density at radius 3 is 2.46 bits per heavy atom. The lowest BCUT2D eigenvalue weighted by molar-refractivity contribution is 0.253. The molecule has 0 bridgehead atoms. The lowest BCUT2D eigenvalue weighted by Gasteiger charge is -2.41. The maximum absolute atomic E-state index is 11.4. The summed E-state index contributed by atoms with van der Waals surface area (Å²) in [5, 5.41) is 6.61. The molecule has 1 saturated carbocycles. The summed E-state index contributed by atoms with van der Waals surface area (Å²) in [4.78, 5) is 4.82. The average Bonchev–Trinajstić information content (AvgIpc) is 2.53. The molecular weight excluding hydrogens is 414 g/mol. The highest BCUT2D eigenvalue weighted by molar-refractivity contribution is 9.10. The number of guanidine groups is 1. The molecular formula is C19H30BrN3O2S. The molecule has 0 saturated heterocycles. The van der Waals surface area contributed by atoms with Crippen molar-refractivity contribution in [2.24, 2.45) is 4.99 Å². The lowest BCUT2D eigenvalue weighted by atomic mass is 9.64. The standard InChI is InChI=1S/C19H30BrN3O2S/c1-4-21-18(23-15(2)10-13-26(3,24)25)22-14-19(11-5-12-19)16-6-8-17(20)9-7-16/h6-9,15H,4-5,10-14H2,1-3H3,(H2,21,22,23). The summed E-state index contributed by atoms with van der Waals surface area (Å²) in [6.45, 7) is 5.54. The SMILES string of the molecule is CCNC(=NCC1(c2ccc(Br)cc2)CCC1)NC(C)CCS(C)(=O)=O. The zero-order chi connectivity index (χ0) is 19.2. The summed E-state index contributed by atoms with van der Waals surface area (Å²) >= 11 is 3.50. The number of nitrogens with zero attached hydrogens (tertiary/aromatic N) is 1. The molecule has 0 aromatic heterocycles. The molecule has 0 heterocycles. The third-order valence-corrected chi connectivity index (χ3v) is 6.46. The van der Waals surface area contributed by atoms with E-state index in [1.54, 1.807) is 0 Å². The van der Waals surface area contributed by atoms with E-state index < -0.39 is 9.84 Å². The summed E-state index contributed by atoms with van der Waals surface area (Å²) in [6.07, 6.45) is 5.39. The van der Waals surface area contributed by atoms with Crippen molar-refractivity contribution >= 4 is 31.7 Å². The summed E-state index contributed by atoms with van der Waals surface area (Å²) < 4.78 is 23.8. The van der Waals surface area contributed by atoms with E-state index in [0.29, 0.717) is 6.42 Å². The molecule has 1 fully saturated rings. The zero-order valence-corrected chi connectivity index (χ0v) is 18.3. The second kappa shape index (κ2) is 9.22. The fourth-order valence-electron chi connectivity index (χ4n) is 3.19. The first kappa shape index (κ1) is 21.2. The van der Waals surface area contributed by atoms with E-state index in [1.807, 2.05) is 13.8 Å². The van der Waals surface area contributed by atoms with Crippen LogP contribution in [0.4, 0.5) is 0 Å². The number of hydrogen-bond donors (Lipinski definition) is 2. The third kappa shape index (κ3) is 6.27. The van der Waals surface area contributed by atoms with E-state index in [-0.39, 0.29) is 17.2 Å². The fourth-order valence-corrected chi connectivity index (χ4v) is 4.24. The van der Waals surface area contributed by atoms with Gasteiger partial charge < -0.3 is 10.6 Å². The van der Waals surface area contributed by atoms with Gasteiger partial charge in [0.1, 0.15) is 9.84 Å². The van der Waals surface area contributed by atoms with Crippen LogP contribution in [0.3, 0.4) is 0 Å². The second-order valence-electron chi connectivity index (χ2n) is 7.30. The summed E-state index contributed by atoms with van der Waals surface area (Å²) in [6, 6.07) is 8.61. The normalized spacial score (nSPS) is 18.1. The summed E-state index contributed by atoms with van der Waals surface area (Å²) in [5.74, 6) is 0.945. The van der Waals surface area contributed by atoms with Gasteiger partial charge in [-0.25, -0.2) is 8.42 Å². The highest BCUT2D eigenvalue weighted by Crippen LogP contribution is 2.44. The van der Waals surface area contributed by atoms with E-state index in [4.69, 9.17) is 4.99 Å². The highest BCUT2D eigenvalue weighted by atomic mass is 79.9. The lowest BCUT2D eigenvalue weighted by Crippen LogP contribution is -2.45. The van der Waals surface area contributed by atoms with Crippen molar-refractivity contribution in [3.8, 4) is 0 Å².